The summed E-state index contributed by atoms with van der Waals surface area (Å²) in [6.07, 6.45) is 0.186. The average molecular weight is 440 g/mol. The zero-order valence-corrected chi connectivity index (χ0v) is 18.0. The quantitative estimate of drug-likeness (QED) is 0.367. The van der Waals surface area contributed by atoms with Gasteiger partial charge < -0.3 is 15.3 Å². The molecule has 0 amide bonds. The van der Waals surface area contributed by atoms with Crippen LogP contribution in [0.2, 0.25) is 0 Å². The minimum absolute atomic E-state index is 0.0650. The normalized spacial score (nSPS) is 11.8. The van der Waals surface area contributed by atoms with E-state index in [0.29, 0.717) is 13.1 Å². The molecule has 1 unspecified atom stereocenters. The van der Waals surface area contributed by atoms with Gasteiger partial charge in [0.15, 0.2) is 0 Å². The first-order chi connectivity index (χ1) is 16.0. The van der Waals surface area contributed by atoms with Gasteiger partial charge in [-0.3, -0.25) is 9.59 Å². The molecule has 4 aromatic carbocycles. The van der Waals surface area contributed by atoms with Crippen LogP contribution in [-0.4, -0.2) is 17.1 Å². The lowest BCUT2D eigenvalue weighted by molar-refractivity contribution is -0.137. The summed E-state index contributed by atoms with van der Waals surface area (Å²) in [6.45, 7) is 0.817. The summed E-state index contributed by atoms with van der Waals surface area (Å²) in [7, 11) is 0. The molecule has 0 bridgehead atoms. The van der Waals surface area contributed by atoms with E-state index < -0.39 is 22.9 Å². The van der Waals surface area contributed by atoms with Crippen molar-refractivity contribution >= 4 is 17.3 Å². The summed E-state index contributed by atoms with van der Waals surface area (Å²) in [5, 5.41) is 12.6. The number of rotatable bonds is 10. The van der Waals surface area contributed by atoms with Crippen molar-refractivity contribution in [3.8, 4) is 0 Å². The van der Waals surface area contributed by atoms with Gasteiger partial charge in [-0.15, -0.1) is 0 Å². The highest BCUT2D eigenvalue weighted by molar-refractivity contribution is 5.83. The molecular weight excluding hydrogens is 416 g/mol. The Kier molecular flexibility index (Phi) is 6.64. The Balaban J connectivity index is 1.65. The van der Waals surface area contributed by atoms with E-state index in [2.05, 4.69) is 5.32 Å². The molecule has 0 aliphatic heterocycles. The van der Waals surface area contributed by atoms with Crippen LogP contribution in [0, 0.1) is 0 Å². The first kappa shape index (κ1) is 22.0. The number of carboxylic acid groups (broad SMARTS) is 1. The molecule has 0 heterocycles. The Hall–Kier alpha value is -4.19. The Morgan fingerprint density at radius 2 is 1.18 bits per heavy atom. The zero-order valence-electron chi connectivity index (χ0n) is 18.0. The van der Waals surface area contributed by atoms with E-state index in [1.165, 1.54) is 0 Å². The molecule has 6 heteroatoms. The van der Waals surface area contributed by atoms with Crippen molar-refractivity contribution < 1.29 is 9.90 Å². The minimum Gasteiger partial charge on any atom is -0.480 e. The molecule has 2 N–H and O–H groups in total. The highest BCUT2D eigenvalue weighted by atomic mass is 16.4. The van der Waals surface area contributed by atoms with Crippen molar-refractivity contribution in [2.45, 2.75) is 25.6 Å². The van der Waals surface area contributed by atoms with Crippen molar-refractivity contribution in [3.05, 3.63) is 128 Å². The summed E-state index contributed by atoms with van der Waals surface area (Å²) in [5.41, 5.74) is 1.78. The van der Waals surface area contributed by atoms with Gasteiger partial charge in [0.05, 0.1) is 0 Å². The fourth-order valence-corrected chi connectivity index (χ4v) is 3.86. The van der Waals surface area contributed by atoms with Crippen LogP contribution in [0.3, 0.4) is 0 Å². The molecular formula is C27H24N2O4. The van der Waals surface area contributed by atoms with E-state index >= 15 is 0 Å². The fourth-order valence-electron chi connectivity index (χ4n) is 3.86. The standard InChI is InChI=1S/C27H24N2O4/c30-25-23(28-22(27(32)33)16-19-10-4-1-5-11-19)24(26(25)31)29(17-20-12-6-2-7-13-20)18-21-14-8-3-9-15-21/h1-15,22,28H,16-18H2,(H,32,33). The molecule has 4 aromatic rings. The monoisotopic (exact) mass is 440 g/mol. The second kappa shape index (κ2) is 9.96. The molecule has 0 saturated heterocycles. The van der Waals surface area contributed by atoms with E-state index in [9.17, 15) is 19.5 Å². The lowest BCUT2D eigenvalue weighted by atomic mass is 10.0. The maximum absolute atomic E-state index is 12.7. The van der Waals surface area contributed by atoms with Crippen molar-refractivity contribution in [1.82, 2.24) is 0 Å². The Morgan fingerprint density at radius 1 is 0.727 bits per heavy atom. The third-order valence-electron chi connectivity index (χ3n) is 5.53. The summed E-state index contributed by atoms with van der Waals surface area (Å²) >= 11 is 0. The number of carboxylic acids is 1. The molecule has 6 nitrogen and oxygen atoms in total. The van der Waals surface area contributed by atoms with Gasteiger partial charge in [0, 0.05) is 19.5 Å². The van der Waals surface area contributed by atoms with Crippen LogP contribution in [0.1, 0.15) is 16.7 Å². The number of hydrogen-bond donors (Lipinski definition) is 2. The first-order valence-electron chi connectivity index (χ1n) is 10.7. The van der Waals surface area contributed by atoms with Gasteiger partial charge >= 0.3 is 5.97 Å². The third-order valence-corrected chi connectivity index (χ3v) is 5.53. The van der Waals surface area contributed by atoms with Crippen molar-refractivity contribution in [1.29, 1.82) is 0 Å². The highest BCUT2D eigenvalue weighted by Crippen LogP contribution is 2.26. The molecule has 0 radical (unpaired) electrons. The molecule has 166 valence electrons. The topological polar surface area (TPSA) is 86.7 Å². The van der Waals surface area contributed by atoms with Crippen LogP contribution in [0.25, 0.3) is 0 Å². The van der Waals surface area contributed by atoms with Gasteiger partial charge in [0.1, 0.15) is 17.4 Å². The molecule has 0 fully saturated rings. The predicted octanol–water partition coefficient (Wildman–Crippen LogP) is 3.60. The van der Waals surface area contributed by atoms with Gasteiger partial charge in [-0.05, 0) is 16.7 Å². The van der Waals surface area contributed by atoms with Gasteiger partial charge in [-0.25, -0.2) is 4.79 Å². The molecule has 4 rings (SSSR count). The smallest absolute Gasteiger partial charge is 0.326 e. The number of nitrogens with zero attached hydrogens (tertiary/aromatic N) is 1. The van der Waals surface area contributed by atoms with E-state index in [0.717, 1.165) is 16.7 Å². The average Bonchev–Trinajstić information content (AvgIpc) is 2.84. The Labute approximate surface area is 191 Å². The summed E-state index contributed by atoms with van der Waals surface area (Å²) in [5.74, 6) is -1.09. The minimum atomic E-state index is -1.09. The maximum Gasteiger partial charge on any atom is 0.326 e. The Morgan fingerprint density at radius 3 is 1.64 bits per heavy atom. The van der Waals surface area contributed by atoms with Gasteiger partial charge in [-0.1, -0.05) is 91.0 Å². The van der Waals surface area contributed by atoms with Crippen LogP contribution < -0.4 is 21.1 Å². The maximum atomic E-state index is 12.7. The van der Waals surface area contributed by atoms with Crippen molar-refractivity contribution in [2.75, 3.05) is 10.2 Å². The second-order valence-electron chi connectivity index (χ2n) is 7.93. The van der Waals surface area contributed by atoms with E-state index in [4.69, 9.17) is 0 Å². The number of anilines is 2. The van der Waals surface area contributed by atoms with Crippen LogP contribution in [0.15, 0.2) is 101 Å². The molecule has 33 heavy (non-hydrogen) atoms. The summed E-state index contributed by atoms with van der Waals surface area (Å²) < 4.78 is 0. The summed E-state index contributed by atoms with van der Waals surface area (Å²) in [6, 6.07) is 27.4. The number of carbonyl (C=O) groups is 1. The zero-order chi connectivity index (χ0) is 23.2. The van der Waals surface area contributed by atoms with Gasteiger partial charge in [0.25, 0.3) is 10.9 Å². The molecule has 0 spiro atoms. The van der Waals surface area contributed by atoms with Crippen LogP contribution >= 0.6 is 0 Å². The predicted molar refractivity (Wildman–Crippen MR) is 129 cm³/mol. The summed E-state index contributed by atoms with van der Waals surface area (Å²) in [4.78, 5) is 38.9. The van der Waals surface area contributed by atoms with Crippen LogP contribution in [0.4, 0.5) is 11.4 Å². The van der Waals surface area contributed by atoms with E-state index in [-0.39, 0.29) is 17.8 Å². The van der Waals surface area contributed by atoms with E-state index in [1.807, 2.05) is 95.9 Å². The lowest BCUT2D eigenvalue weighted by Gasteiger charge is -2.29. The third kappa shape index (κ3) is 5.18. The SMILES string of the molecule is O=C(O)C(Cc1ccccc1)Nc1c(N(Cc2ccccc2)Cc2ccccc2)c(=O)c1=O. The molecule has 1 atom stereocenters. The number of nitrogens with one attached hydrogen (secondary N) is 1. The number of hydrogen-bond acceptors (Lipinski definition) is 5. The largest absolute Gasteiger partial charge is 0.480 e. The van der Waals surface area contributed by atoms with Crippen LogP contribution in [0.5, 0.6) is 0 Å². The Bertz CT molecular complexity index is 1240. The van der Waals surface area contributed by atoms with Gasteiger partial charge in [0.2, 0.25) is 0 Å². The molecule has 0 aliphatic carbocycles. The molecule has 0 aliphatic rings. The fraction of sp³-hybridized carbons (Fsp3) is 0.148. The second-order valence-corrected chi connectivity index (χ2v) is 7.93. The van der Waals surface area contributed by atoms with Crippen molar-refractivity contribution in [2.24, 2.45) is 0 Å². The van der Waals surface area contributed by atoms with E-state index in [1.54, 1.807) is 0 Å². The van der Waals surface area contributed by atoms with Crippen LogP contribution in [-0.2, 0) is 24.3 Å². The molecule has 0 saturated carbocycles. The number of aliphatic carboxylic acids is 1. The lowest BCUT2D eigenvalue weighted by Crippen LogP contribution is -2.45. The molecule has 0 aromatic heterocycles. The highest BCUT2D eigenvalue weighted by Gasteiger charge is 2.30. The van der Waals surface area contributed by atoms with Crippen molar-refractivity contribution in [3.63, 3.8) is 0 Å². The van der Waals surface area contributed by atoms with Gasteiger partial charge in [-0.2, -0.15) is 0 Å². The first-order valence-corrected chi connectivity index (χ1v) is 10.7. The number of benzene rings is 3.